The Morgan fingerprint density at radius 1 is 0.455 bits per heavy atom. The summed E-state index contributed by atoms with van der Waals surface area (Å²) in [5.74, 6) is -54.3. The number of hydrogen-bond donors (Lipinski definition) is 0. The van der Waals surface area contributed by atoms with Gasteiger partial charge in [-0.15, -0.1) is 0 Å². The lowest BCUT2D eigenvalue weighted by Crippen LogP contribution is -2.85. The molecule has 0 saturated heterocycles. The molecule has 0 spiro atoms. The van der Waals surface area contributed by atoms with E-state index in [1.165, 1.54) is 20.8 Å². The van der Waals surface area contributed by atoms with Gasteiger partial charge in [-0.05, 0) is 40.5 Å². The first-order valence-electron chi connectivity index (χ1n) is 15.2. The summed E-state index contributed by atoms with van der Waals surface area (Å²) in [7, 11) is 0. The number of rotatable bonds is 15. The molecule has 0 radical (unpaired) electrons. The van der Waals surface area contributed by atoms with Crippen LogP contribution in [0.15, 0.2) is 0 Å². The SMILES string of the molecule is CCC(C)(C)C(=O)OCCOC(=O)C(F)(F)CC(F)(F)CC(F)(F)F.CCC(C)(C)C(=O)OCCOC(=O)C1(F)C(F)(F)C(F)(F)C(F)(F)C(F)(F)C1(F)F. The Balaban J connectivity index is 0.00000108. The van der Waals surface area contributed by atoms with Crippen LogP contribution in [0.4, 0.5) is 79.0 Å². The summed E-state index contributed by atoms with van der Waals surface area (Å²) >= 11 is 0. The van der Waals surface area contributed by atoms with Crippen LogP contribution in [0.1, 0.15) is 67.2 Å². The fourth-order valence-corrected chi connectivity index (χ4v) is 3.65. The van der Waals surface area contributed by atoms with E-state index in [-0.39, 0.29) is 6.42 Å². The van der Waals surface area contributed by atoms with Crippen LogP contribution in [0.5, 0.6) is 0 Å². The monoisotopic (exact) mass is 852 g/mol. The average molecular weight is 853 g/mol. The van der Waals surface area contributed by atoms with Crippen LogP contribution >= 0.6 is 0 Å². The fraction of sp³-hybridized carbons (Fsp3) is 0.862. The third-order valence-electron chi connectivity index (χ3n) is 7.93. The van der Waals surface area contributed by atoms with Gasteiger partial charge in [0.05, 0.1) is 17.3 Å². The van der Waals surface area contributed by atoms with Gasteiger partial charge < -0.3 is 18.9 Å². The maximum absolute atomic E-state index is 14.3. The van der Waals surface area contributed by atoms with Crippen molar-refractivity contribution < 1.29 is 117 Å². The van der Waals surface area contributed by atoms with Gasteiger partial charge in [0.1, 0.15) is 32.8 Å². The van der Waals surface area contributed by atoms with E-state index in [0.717, 1.165) is 0 Å². The summed E-state index contributed by atoms with van der Waals surface area (Å²) in [5.41, 5.74) is -8.85. The summed E-state index contributed by atoms with van der Waals surface area (Å²) in [6.45, 7) is 5.04. The van der Waals surface area contributed by atoms with Crippen molar-refractivity contribution in [3.63, 3.8) is 0 Å². The largest absolute Gasteiger partial charge is 0.462 e. The van der Waals surface area contributed by atoms with E-state index < -0.39 is 127 Å². The predicted octanol–water partition coefficient (Wildman–Crippen LogP) is 8.53. The van der Waals surface area contributed by atoms with Gasteiger partial charge in [-0.3, -0.25) is 9.59 Å². The first-order chi connectivity index (χ1) is 24.1. The summed E-state index contributed by atoms with van der Waals surface area (Å²) in [6.07, 6.45) is -10.2. The van der Waals surface area contributed by atoms with Crippen molar-refractivity contribution in [2.75, 3.05) is 26.4 Å². The normalized spacial score (nSPS) is 19.9. The summed E-state index contributed by atoms with van der Waals surface area (Å²) in [4.78, 5) is 45.6. The zero-order chi connectivity index (χ0) is 44.3. The summed E-state index contributed by atoms with van der Waals surface area (Å²) in [6, 6.07) is 0. The van der Waals surface area contributed by atoms with E-state index >= 15 is 0 Å². The minimum Gasteiger partial charge on any atom is -0.462 e. The van der Waals surface area contributed by atoms with Crippen LogP contribution in [0.25, 0.3) is 0 Å². The number of esters is 4. The van der Waals surface area contributed by atoms with Crippen molar-refractivity contribution in [2.24, 2.45) is 10.8 Å². The molecule has 0 aliphatic heterocycles. The van der Waals surface area contributed by atoms with E-state index in [0.29, 0.717) is 6.42 Å². The van der Waals surface area contributed by atoms with Gasteiger partial charge in [-0.25, -0.2) is 22.8 Å². The number of carbonyl (C=O) groups is 4. The van der Waals surface area contributed by atoms with Crippen molar-refractivity contribution in [3.8, 4) is 0 Å². The molecule has 1 saturated carbocycles. The van der Waals surface area contributed by atoms with E-state index in [2.05, 4.69) is 18.9 Å². The van der Waals surface area contributed by atoms with Gasteiger partial charge in [0, 0.05) is 0 Å². The van der Waals surface area contributed by atoms with Crippen LogP contribution in [0.3, 0.4) is 0 Å². The van der Waals surface area contributed by atoms with Crippen LogP contribution in [-0.2, 0) is 38.1 Å². The van der Waals surface area contributed by atoms with Crippen molar-refractivity contribution in [2.45, 2.75) is 121 Å². The summed E-state index contributed by atoms with van der Waals surface area (Å²) in [5, 5.41) is 0. The molecule has 0 atom stereocenters. The molecule has 0 N–H and O–H groups in total. The molecule has 1 rings (SSSR count). The highest BCUT2D eigenvalue weighted by molar-refractivity contribution is 5.84. The Morgan fingerprint density at radius 3 is 1.05 bits per heavy atom. The van der Waals surface area contributed by atoms with E-state index in [9.17, 15) is 98.2 Å². The molecule has 26 heteroatoms. The molecular weight excluding hydrogens is 818 g/mol. The third-order valence-corrected chi connectivity index (χ3v) is 7.93. The van der Waals surface area contributed by atoms with Gasteiger partial charge >= 0.3 is 71.3 Å². The van der Waals surface area contributed by atoms with Crippen molar-refractivity contribution in [3.05, 3.63) is 0 Å². The van der Waals surface area contributed by atoms with Gasteiger partial charge in [0.25, 0.3) is 5.92 Å². The van der Waals surface area contributed by atoms with Gasteiger partial charge in [-0.1, -0.05) is 13.8 Å². The lowest BCUT2D eigenvalue weighted by atomic mass is 9.72. The Hall–Kier alpha value is -3.38. The summed E-state index contributed by atoms with van der Waals surface area (Å²) < 4.78 is 253. The van der Waals surface area contributed by atoms with Crippen molar-refractivity contribution >= 4 is 23.9 Å². The average Bonchev–Trinajstić information content (AvgIpc) is 3.01. The van der Waals surface area contributed by atoms with Gasteiger partial charge in [-0.2, -0.15) is 65.9 Å². The Bertz CT molecular complexity index is 1350. The molecule has 1 aliphatic rings. The maximum atomic E-state index is 14.3. The van der Waals surface area contributed by atoms with Gasteiger partial charge in [0.2, 0.25) is 0 Å². The smallest absolute Gasteiger partial charge is 0.394 e. The molecule has 8 nitrogen and oxygen atoms in total. The highest BCUT2D eigenvalue weighted by Gasteiger charge is 3.03. The fourth-order valence-electron chi connectivity index (χ4n) is 3.65. The second-order valence-electron chi connectivity index (χ2n) is 13.1. The first-order valence-corrected chi connectivity index (χ1v) is 15.2. The lowest BCUT2D eigenvalue weighted by Gasteiger charge is -2.50. The van der Waals surface area contributed by atoms with Crippen LogP contribution in [0, 0.1) is 10.8 Å². The van der Waals surface area contributed by atoms with Crippen molar-refractivity contribution in [1.29, 1.82) is 0 Å². The minimum atomic E-state index is -7.43. The van der Waals surface area contributed by atoms with Crippen molar-refractivity contribution in [1.82, 2.24) is 0 Å². The van der Waals surface area contributed by atoms with Crippen LogP contribution < -0.4 is 0 Å². The zero-order valence-corrected chi connectivity index (χ0v) is 29.2. The lowest BCUT2D eigenvalue weighted by molar-refractivity contribution is -0.478. The van der Waals surface area contributed by atoms with E-state index in [1.54, 1.807) is 20.8 Å². The number of hydrogen-bond acceptors (Lipinski definition) is 8. The predicted molar refractivity (Wildman–Crippen MR) is 146 cm³/mol. The van der Waals surface area contributed by atoms with Crippen LogP contribution in [0.2, 0.25) is 0 Å². The topological polar surface area (TPSA) is 105 Å². The number of halogens is 18. The minimum absolute atomic E-state index is 0.204. The number of ether oxygens (including phenoxy) is 4. The molecule has 0 amide bonds. The second-order valence-corrected chi connectivity index (χ2v) is 13.1. The highest BCUT2D eigenvalue weighted by Crippen LogP contribution is 2.69. The Labute approximate surface area is 299 Å². The van der Waals surface area contributed by atoms with E-state index in [4.69, 9.17) is 0 Å². The number of carbonyl (C=O) groups excluding carboxylic acids is 4. The maximum Gasteiger partial charge on any atom is 0.394 e. The van der Waals surface area contributed by atoms with E-state index in [1.807, 2.05) is 0 Å². The molecule has 0 unspecified atom stereocenters. The molecular formula is C29H34F18O8. The molecule has 55 heavy (non-hydrogen) atoms. The molecule has 0 aromatic heterocycles. The second kappa shape index (κ2) is 16.6. The molecule has 0 heterocycles. The van der Waals surface area contributed by atoms with Crippen LogP contribution in [-0.4, -0.2) is 104 Å². The Morgan fingerprint density at radius 2 is 0.745 bits per heavy atom. The third kappa shape index (κ3) is 10.5. The zero-order valence-electron chi connectivity index (χ0n) is 29.2. The van der Waals surface area contributed by atoms with Gasteiger partial charge in [0.15, 0.2) is 0 Å². The molecule has 0 aromatic rings. The molecule has 0 bridgehead atoms. The molecule has 1 fully saturated rings. The Kier molecular flexibility index (Phi) is 15.6. The quantitative estimate of drug-likeness (QED) is 0.0700. The molecule has 1 aliphatic carbocycles. The first kappa shape index (κ1) is 51.6. The molecule has 324 valence electrons. The number of alkyl halides is 18. The molecule has 0 aromatic carbocycles. The highest BCUT2D eigenvalue weighted by atomic mass is 19.4. The standard InChI is InChI=1S/C15H15F11O4.C14H19F7O4/c1-4-9(2,3)7(27)29-5-6-30-8(28)10(16)11(17,18)13(21,22)15(25,26)14(23,24)12(10,19)20;1-4-11(2,3)9(22)24-5-6-25-10(23)13(17,18)7-12(15,16)8-14(19,20)21/h4-6H2,1-3H3;4-8H2,1-3H3.